The Balaban J connectivity index is 1.41. The summed E-state index contributed by atoms with van der Waals surface area (Å²) in [5.41, 5.74) is 4.42. The molecule has 5 rings (SSSR count). The SMILES string of the molecule is CCN1CCN(C(=O)c2nn(CCN3CCCCC3)c3c2CCc2sccc2-3)CC1. The highest BCUT2D eigenvalue weighted by atomic mass is 32.1. The first-order valence-corrected chi connectivity index (χ1v) is 12.5. The first kappa shape index (κ1) is 20.2. The summed E-state index contributed by atoms with van der Waals surface area (Å²) in [4.78, 5) is 21.9. The Labute approximate surface area is 183 Å². The zero-order chi connectivity index (χ0) is 20.5. The summed E-state index contributed by atoms with van der Waals surface area (Å²) in [6.45, 7) is 11.1. The maximum atomic E-state index is 13.5. The normalized spacial score (nSPS) is 20.2. The molecule has 0 spiro atoms. The summed E-state index contributed by atoms with van der Waals surface area (Å²) in [6, 6.07) is 2.23. The average molecular weight is 428 g/mol. The molecule has 1 amide bonds. The zero-order valence-corrected chi connectivity index (χ0v) is 18.9. The molecule has 2 fully saturated rings. The first-order chi connectivity index (χ1) is 14.7. The van der Waals surface area contributed by atoms with E-state index in [0.29, 0.717) is 5.69 Å². The molecule has 2 aliphatic heterocycles. The van der Waals surface area contributed by atoms with Crippen LogP contribution in [0.1, 0.15) is 47.1 Å². The first-order valence-electron chi connectivity index (χ1n) is 11.6. The highest BCUT2D eigenvalue weighted by molar-refractivity contribution is 7.10. The van der Waals surface area contributed by atoms with Gasteiger partial charge in [-0.2, -0.15) is 5.10 Å². The predicted octanol–water partition coefficient (Wildman–Crippen LogP) is 2.97. The van der Waals surface area contributed by atoms with E-state index < -0.39 is 0 Å². The number of carbonyl (C=O) groups is 1. The average Bonchev–Trinajstić information content (AvgIpc) is 3.42. The summed E-state index contributed by atoms with van der Waals surface area (Å²) in [5.74, 6) is 0.136. The van der Waals surface area contributed by atoms with Gasteiger partial charge in [0.15, 0.2) is 5.69 Å². The predicted molar refractivity (Wildman–Crippen MR) is 121 cm³/mol. The topological polar surface area (TPSA) is 44.6 Å². The number of nitrogens with zero attached hydrogens (tertiary/aromatic N) is 5. The smallest absolute Gasteiger partial charge is 0.274 e. The third-order valence-corrected chi connectivity index (χ3v) is 8.02. The molecule has 0 aromatic carbocycles. The molecule has 3 aliphatic rings. The number of piperidine rings is 1. The minimum Gasteiger partial charge on any atom is -0.335 e. The van der Waals surface area contributed by atoms with Crippen molar-refractivity contribution in [2.24, 2.45) is 0 Å². The largest absolute Gasteiger partial charge is 0.335 e. The Morgan fingerprint density at radius 1 is 1.00 bits per heavy atom. The molecule has 30 heavy (non-hydrogen) atoms. The fraction of sp³-hybridized carbons (Fsp3) is 0.652. The number of carbonyl (C=O) groups excluding carboxylic acids is 1. The Hall–Kier alpha value is -1.70. The number of likely N-dealkylation sites (N-methyl/N-ethyl adjacent to an activating group) is 1. The van der Waals surface area contributed by atoms with E-state index >= 15 is 0 Å². The van der Waals surface area contributed by atoms with Crippen molar-refractivity contribution in [3.8, 4) is 11.3 Å². The number of thiophene rings is 1. The van der Waals surface area contributed by atoms with Crippen LogP contribution in [-0.2, 0) is 19.4 Å². The van der Waals surface area contributed by atoms with E-state index in [0.717, 1.165) is 58.7 Å². The van der Waals surface area contributed by atoms with Gasteiger partial charge in [-0.1, -0.05) is 13.3 Å². The standard InChI is InChI=1S/C23H33N5OS/c1-2-25-11-14-27(15-12-25)23(29)21-19-6-7-20-18(8-17-30-20)22(19)28(24-21)16-13-26-9-4-3-5-10-26/h8,17H,2-7,9-16H2,1H3. The second-order valence-corrected chi connectivity index (χ2v) is 9.79. The number of rotatable bonds is 5. The maximum Gasteiger partial charge on any atom is 0.274 e. The molecule has 0 atom stereocenters. The summed E-state index contributed by atoms with van der Waals surface area (Å²) in [5, 5.41) is 7.15. The van der Waals surface area contributed by atoms with Crippen molar-refractivity contribution in [2.75, 3.05) is 52.4 Å². The molecule has 0 saturated carbocycles. The number of aromatic nitrogens is 2. The number of amides is 1. The van der Waals surface area contributed by atoms with Crippen molar-refractivity contribution in [1.82, 2.24) is 24.5 Å². The summed E-state index contributed by atoms with van der Waals surface area (Å²) in [6.07, 6.45) is 5.93. The van der Waals surface area contributed by atoms with Gasteiger partial charge in [-0.15, -0.1) is 11.3 Å². The molecular formula is C23H33N5OS. The van der Waals surface area contributed by atoms with Gasteiger partial charge in [-0.25, -0.2) is 0 Å². The van der Waals surface area contributed by atoms with Gasteiger partial charge in [-0.05, 0) is 56.8 Å². The van der Waals surface area contributed by atoms with Crippen LogP contribution in [0.5, 0.6) is 0 Å². The van der Waals surface area contributed by atoms with Gasteiger partial charge in [0.05, 0.1) is 12.2 Å². The Morgan fingerprint density at radius 3 is 2.57 bits per heavy atom. The lowest BCUT2D eigenvalue weighted by Crippen LogP contribution is -2.48. The highest BCUT2D eigenvalue weighted by Gasteiger charge is 2.32. The zero-order valence-electron chi connectivity index (χ0n) is 18.1. The van der Waals surface area contributed by atoms with Crippen molar-refractivity contribution >= 4 is 17.2 Å². The number of aryl methyl sites for hydroxylation is 1. The van der Waals surface area contributed by atoms with Crippen LogP contribution in [0.25, 0.3) is 11.3 Å². The fourth-order valence-corrected chi connectivity index (χ4v) is 6.07. The second-order valence-electron chi connectivity index (χ2n) is 8.79. The van der Waals surface area contributed by atoms with Crippen LogP contribution in [0.15, 0.2) is 11.4 Å². The van der Waals surface area contributed by atoms with Gasteiger partial charge in [-0.3, -0.25) is 9.48 Å². The highest BCUT2D eigenvalue weighted by Crippen LogP contribution is 2.38. The van der Waals surface area contributed by atoms with Gasteiger partial charge in [0.25, 0.3) is 5.91 Å². The molecule has 6 nitrogen and oxygen atoms in total. The van der Waals surface area contributed by atoms with Crippen LogP contribution in [0.3, 0.4) is 0 Å². The van der Waals surface area contributed by atoms with Crippen molar-refractivity contribution in [3.05, 3.63) is 27.6 Å². The summed E-state index contributed by atoms with van der Waals surface area (Å²) < 4.78 is 2.16. The third kappa shape index (κ3) is 3.83. The molecule has 2 aromatic heterocycles. The number of fused-ring (bicyclic) bond motifs is 3. The lowest BCUT2D eigenvalue weighted by molar-refractivity contribution is 0.0635. The minimum absolute atomic E-state index is 0.136. The molecule has 7 heteroatoms. The maximum absolute atomic E-state index is 13.5. The van der Waals surface area contributed by atoms with Gasteiger partial charge >= 0.3 is 0 Å². The molecule has 0 N–H and O–H groups in total. The van der Waals surface area contributed by atoms with Gasteiger partial charge in [0, 0.05) is 48.7 Å². The second kappa shape index (κ2) is 8.81. The minimum atomic E-state index is 0.136. The molecule has 4 heterocycles. The van der Waals surface area contributed by atoms with E-state index in [-0.39, 0.29) is 5.91 Å². The lowest BCUT2D eigenvalue weighted by Gasteiger charge is -2.33. The number of piperazine rings is 1. The Bertz CT molecular complexity index is 890. The quantitative estimate of drug-likeness (QED) is 0.736. The molecule has 2 aromatic rings. The van der Waals surface area contributed by atoms with Crippen molar-refractivity contribution in [3.63, 3.8) is 0 Å². The number of likely N-dealkylation sites (tertiary alicyclic amines) is 1. The third-order valence-electron chi connectivity index (χ3n) is 7.04. The van der Waals surface area contributed by atoms with Gasteiger partial charge < -0.3 is 14.7 Å². The van der Waals surface area contributed by atoms with Crippen LogP contribution in [0.2, 0.25) is 0 Å². The van der Waals surface area contributed by atoms with Crippen molar-refractivity contribution in [1.29, 1.82) is 0 Å². The molecule has 162 valence electrons. The van der Waals surface area contributed by atoms with Crippen LogP contribution in [0.4, 0.5) is 0 Å². The summed E-state index contributed by atoms with van der Waals surface area (Å²) in [7, 11) is 0. The van der Waals surface area contributed by atoms with E-state index in [1.165, 1.54) is 54.0 Å². The van der Waals surface area contributed by atoms with Crippen LogP contribution in [-0.4, -0.2) is 82.7 Å². The molecule has 2 saturated heterocycles. The lowest BCUT2D eigenvalue weighted by atomic mass is 9.94. The van der Waals surface area contributed by atoms with E-state index in [4.69, 9.17) is 5.10 Å². The number of hydrogen-bond donors (Lipinski definition) is 0. The van der Waals surface area contributed by atoms with Gasteiger partial charge in [0.2, 0.25) is 0 Å². The molecule has 1 aliphatic carbocycles. The van der Waals surface area contributed by atoms with Crippen LogP contribution in [0, 0.1) is 0 Å². The van der Waals surface area contributed by atoms with E-state index in [9.17, 15) is 4.79 Å². The van der Waals surface area contributed by atoms with E-state index in [2.05, 4.69) is 32.9 Å². The molecule has 0 unspecified atom stereocenters. The molecule has 0 bridgehead atoms. The van der Waals surface area contributed by atoms with Crippen molar-refractivity contribution < 1.29 is 4.79 Å². The van der Waals surface area contributed by atoms with E-state index in [1.54, 1.807) is 0 Å². The molecular weight excluding hydrogens is 394 g/mol. The monoisotopic (exact) mass is 427 g/mol. The van der Waals surface area contributed by atoms with E-state index in [1.807, 2.05) is 16.2 Å². The van der Waals surface area contributed by atoms with Crippen LogP contribution >= 0.6 is 11.3 Å². The summed E-state index contributed by atoms with van der Waals surface area (Å²) >= 11 is 1.84. The number of hydrogen-bond acceptors (Lipinski definition) is 5. The Kier molecular flexibility index (Phi) is 5.94. The van der Waals surface area contributed by atoms with Crippen molar-refractivity contribution in [2.45, 2.75) is 45.6 Å². The van der Waals surface area contributed by atoms with Gasteiger partial charge in [0.1, 0.15) is 0 Å². The van der Waals surface area contributed by atoms with Crippen LogP contribution < -0.4 is 0 Å². The fourth-order valence-electron chi connectivity index (χ4n) is 5.19. The molecule has 0 radical (unpaired) electrons. The Morgan fingerprint density at radius 2 is 1.80 bits per heavy atom.